The second-order valence-corrected chi connectivity index (χ2v) is 12.0. The highest BCUT2D eigenvalue weighted by atomic mass is 32.2. The number of sulfone groups is 1. The molecule has 0 saturated heterocycles. The number of thioether (sulfide) groups is 1. The molecule has 0 bridgehead atoms. The Morgan fingerprint density at radius 3 is 2.57 bits per heavy atom. The second kappa shape index (κ2) is 6.50. The molecule has 0 aliphatic carbocycles. The fraction of sp³-hybridized carbons (Fsp3) is 0.143. The lowest BCUT2D eigenvalue weighted by molar-refractivity contribution is 0.600. The lowest BCUT2D eigenvalue weighted by Crippen LogP contribution is -2.09. The Morgan fingerprint density at radius 1 is 0.900 bits per heavy atom. The molecular formula is C21H17N3O3S3. The fourth-order valence-corrected chi connectivity index (χ4v) is 7.91. The zero-order valence-corrected chi connectivity index (χ0v) is 18.0. The molecule has 0 saturated carbocycles. The zero-order chi connectivity index (χ0) is 20.5. The van der Waals surface area contributed by atoms with Crippen molar-refractivity contribution < 1.29 is 12.6 Å². The van der Waals surface area contributed by atoms with Crippen molar-refractivity contribution in [2.45, 2.75) is 25.4 Å². The van der Waals surface area contributed by atoms with Crippen LogP contribution in [0.25, 0.3) is 0 Å². The first kappa shape index (κ1) is 18.3. The van der Waals surface area contributed by atoms with E-state index >= 15 is 0 Å². The van der Waals surface area contributed by atoms with Gasteiger partial charge in [-0.3, -0.25) is 4.21 Å². The number of para-hydroxylation sites is 1. The van der Waals surface area contributed by atoms with Gasteiger partial charge in [-0.25, -0.2) is 8.42 Å². The molecule has 3 aliphatic rings. The minimum Gasteiger partial charge on any atom is -0.370 e. The molecule has 0 radical (unpaired) electrons. The summed E-state index contributed by atoms with van der Waals surface area (Å²) in [6.45, 7) is 0. The van der Waals surface area contributed by atoms with E-state index in [-0.39, 0.29) is 16.1 Å². The molecular weight excluding hydrogens is 438 g/mol. The van der Waals surface area contributed by atoms with Crippen molar-refractivity contribution in [1.82, 2.24) is 0 Å². The van der Waals surface area contributed by atoms with Gasteiger partial charge in [0.2, 0.25) is 0 Å². The van der Waals surface area contributed by atoms with Crippen molar-refractivity contribution in [2.75, 3.05) is 21.8 Å². The van der Waals surface area contributed by atoms with E-state index in [4.69, 9.17) is 0 Å². The molecule has 0 amide bonds. The van der Waals surface area contributed by atoms with Gasteiger partial charge in [0, 0.05) is 10.6 Å². The van der Waals surface area contributed by atoms with E-state index in [9.17, 15) is 12.6 Å². The third-order valence-corrected chi connectivity index (χ3v) is 9.90. The lowest BCUT2D eigenvalue weighted by Gasteiger charge is -2.11. The van der Waals surface area contributed by atoms with Crippen LogP contribution in [0.5, 0.6) is 0 Å². The number of hydrogen-bond acceptors (Lipinski definition) is 7. The van der Waals surface area contributed by atoms with Gasteiger partial charge in [0.05, 0.1) is 32.0 Å². The van der Waals surface area contributed by atoms with E-state index in [1.807, 2.05) is 36.4 Å². The maximum atomic E-state index is 13.3. The van der Waals surface area contributed by atoms with E-state index in [0.29, 0.717) is 11.3 Å². The number of benzene rings is 3. The van der Waals surface area contributed by atoms with Crippen LogP contribution in [-0.2, 0) is 20.6 Å². The van der Waals surface area contributed by atoms with Gasteiger partial charge in [-0.1, -0.05) is 36.0 Å². The average Bonchev–Trinajstić information content (AvgIpc) is 3.41. The Balaban J connectivity index is 1.31. The van der Waals surface area contributed by atoms with Crippen molar-refractivity contribution in [3.63, 3.8) is 0 Å². The summed E-state index contributed by atoms with van der Waals surface area (Å²) in [7, 11) is -4.67. The average molecular weight is 456 g/mol. The Bertz CT molecular complexity index is 1320. The van der Waals surface area contributed by atoms with Gasteiger partial charge < -0.3 is 16.0 Å². The molecule has 0 spiro atoms. The smallest absolute Gasteiger partial charge is 0.198 e. The highest BCUT2D eigenvalue weighted by molar-refractivity contribution is 8.00. The number of hydrogen-bond donors (Lipinski definition) is 3. The topological polar surface area (TPSA) is 87.3 Å². The summed E-state index contributed by atoms with van der Waals surface area (Å²) < 4.78 is 37.8. The van der Waals surface area contributed by atoms with E-state index in [1.165, 1.54) is 4.90 Å². The Labute approximate surface area is 180 Å². The summed E-state index contributed by atoms with van der Waals surface area (Å²) in [6, 6.07) is 19.4. The van der Waals surface area contributed by atoms with Crippen LogP contribution in [0.15, 0.2) is 75.4 Å². The molecule has 9 heteroatoms. The highest BCUT2D eigenvalue weighted by Gasteiger charge is 2.34. The van der Waals surface area contributed by atoms with Gasteiger partial charge in [-0.05, 0) is 47.5 Å². The number of nitrogens with one attached hydrogen (secondary N) is 3. The molecule has 3 aromatic rings. The molecule has 0 aromatic heterocycles. The monoisotopic (exact) mass is 455 g/mol. The Kier molecular flexibility index (Phi) is 3.96. The van der Waals surface area contributed by atoms with Crippen molar-refractivity contribution in [1.29, 1.82) is 0 Å². The third kappa shape index (κ3) is 2.76. The van der Waals surface area contributed by atoms with Crippen molar-refractivity contribution in [2.24, 2.45) is 0 Å². The maximum absolute atomic E-state index is 13.3. The van der Waals surface area contributed by atoms with Crippen LogP contribution >= 0.6 is 11.8 Å². The lowest BCUT2D eigenvalue weighted by atomic mass is 10.1. The second-order valence-electron chi connectivity index (χ2n) is 7.41. The first-order valence-corrected chi connectivity index (χ1v) is 13.2. The minimum atomic E-state index is -3.34. The maximum Gasteiger partial charge on any atom is 0.198 e. The summed E-state index contributed by atoms with van der Waals surface area (Å²) in [5.41, 5.74) is 4.30. The van der Waals surface area contributed by atoms with Gasteiger partial charge in [-0.2, -0.15) is 0 Å². The van der Waals surface area contributed by atoms with E-state index in [2.05, 4.69) is 28.1 Å². The summed E-state index contributed by atoms with van der Waals surface area (Å²) >= 11 is 1.74. The molecule has 152 valence electrons. The largest absolute Gasteiger partial charge is 0.370 e. The van der Waals surface area contributed by atoms with Gasteiger partial charge >= 0.3 is 0 Å². The van der Waals surface area contributed by atoms with Crippen LogP contribution in [0.1, 0.15) is 21.9 Å². The fourth-order valence-electron chi connectivity index (χ4n) is 4.01. The van der Waals surface area contributed by atoms with E-state index < -0.39 is 26.0 Å². The molecule has 0 fully saturated rings. The van der Waals surface area contributed by atoms with Gasteiger partial charge in [0.15, 0.2) is 9.84 Å². The van der Waals surface area contributed by atoms with Crippen LogP contribution < -0.4 is 16.0 Å². The number of fused-ring (bicyclic) bond motifs is 3. The normalized spacial score (nSPS) is 24.9. The molecule has 3 unspecified atom stereocenters. The van der Waals surface area contributed by atoms with Gasteiger partial charge in [0.25, 0.3) is 0 Å². The first-order chi connectivity index (χ1) is 14.5. The van der Waals surface area contributed by atoms with Gasteiger partial charge in [0.1, 0.15) is 16.6 Å². The molecule has 3 aliphatic heterocycles. The van der Waals surface area contributed by atoms with Crippen molar-refractivity contribution in [3.05, 3.63) is 71.8 Å². The summed E-state index contributed by atoms with van der Waals surface area (Å²) in [6.07, 6.45) is 0. The predicted molar refractivity (Wildman–Crippen MR) is 120 cm³/mol. The van der Waals surface area contributed by atoms with Crippen LogP contribution in [0, 0.1) is 0 Å². The first-order valence-electron chi connectivity index (χ1n) is 9.43. The summed E-state index contributed by atoms with van der Waals surface area (Å²) in [5.74, 6) is -0.0923. The van der Waals surface area contributed by atoms with Crippen molar-refractivity contribution in [3.8, 4) is 0 Å². The SMILES string of the molecule is O=S1c2cc(C3Nc4ccccc4S3)ccc2NC1c1ccc2c(c1)S(=O)(=O)CN2. The summed E-state index contributed by atoms with van der Waals surface area (Å²) in [4.78, 5) is 2.23. The number of anilines is 3. The molecule has 3 atom stereocenters. The van der Waals surface area contributed by atoms with Crippen molar-refractivity contribution >= 4 is 49.5 Å². The zero-order valence-electron chi connectivity index (χ0n) is 15.6. The van der Waals surface area contributed by atoms with Gasteiger partial charge in [-0.15, -0.1) is 0 Å². The molecule has 3 N–H and O–H groups in total. The van der Waals surface area contributed by atoms with E-state index in [0.717, 1.165) is 21.8 Å². The molecule has 6 nitrogen and oxygen atoms in total. The van der Waals surface area contributed by atoms with Crippen LogP contribution in [-0.4, -0.2) is 18.5 Å². The van der Waals surface area contributed by atoms with E-state index in [1.54, 1.807) is 23.9 Å². The molecule has 6 rings (SSSR count). The molecule has 30 heavy (non-hydrogen) atoms. The Morgan fingerprint density at radius 2 is 1.70 bits per heavy atom. The van der Waals surface area contributed by atoms with Crippen LogP contribution in [0.4, 0.5) is 17.1 Å². The predicted octanol–water partition coefficient (Wildman–Crippen LogP) is 4.29. The quantitative estimate of drug-likeness (QED) is 0.531. The molecule has 3 heterocycles. The standard InChI is InChI=1S/C21H17N3O3S3/c25-29-18-9-12(20-23-14-3-1-2-4-17(14)28-20)5-7-15(18)24-21(29)13-6-8-16-19(10-13)30(26,27)11-22-16/h1-10,20-24H,11H2. The minimum absolute atomic E-state index is 0.0694. The molecule has 3 aromatic carbocycles. The number of rotatable bonds is 2. The summed E-state index contributed by atoms with van der Waals surface area (Å²) in [5, 5.41) is 9.30. The highest BCUT2D eigenvalue weighted by Crippen LogP contribution is 2.48. The Hall–Kier alpha value is -2.49. The van der Waals surface area contributed by atoms with Crippen LogP contribution in [0.2, 0.25) is 0 Å². The van der Waals surface area contributed by atoms with Crippen LogP contribution in [0.3, 0.4) is 0 Å². The third-order valence-electron chi connectivity index (χ3n) is 5.54.